The lowest BCUT2D eigenvalue weighted by molar-refractivity contribution is 0.100. The molecule has 0 bridgehead atoms. The summed E-state index contributed by atoms with van der Waals surface area (Å²) in [5.74, 6) is -0.191. The van der Waals surface area contributed by atoms with Crippen molar-refractivity contribution in [2.75, 3.05) is 11.9 Å². The van der Waals surface area contributed by atoms with Gasteiger partial charge in [0.05, 0.1) is 27.6 Å². The van der Waals surface area contributed by atoms with Crippen molar-refractivity contribution < 1.29 is 14.3 Å². The van der Waals surface area contributed by atoms with Crippen LogP contribution >= 0.6 is 0 Å². The Morgan fingerprint density at radius 1 is 1.08 bits per heavy atom. The van der Waals surface area contributed by atoms with E-state index < -0.39 is 5.91 Å². The minimum absolute atomic E-state index is 0.0316. The predicted molar refractivity (Wildman–Crippen MR) is 149 cm³/mol. The van der Waals surface area contributed by atoms with Crippen molar-refractivity contribution in [3.05, 3.63) is 90.2 Å². The Bertz CT molecular complexity index is 1840. The van der Waals surface area contributed by atoms with Crippen molar-refractivity contribution in [2.24, 2.45) is 5.73 Å². The van der Waals surface area contributed by atoms with Gasteiger partial charge in [-0.2, -0.15) is 0 Å². The molecule has 1 unspecified atom stereocenters. The Labute approximate surface area is 217 Å². The third-order valence-electron chi connectivity index (χ3n) is 6.89. The standard InChI is InChI=1S/C30H26FN5O2/c1-17(13-14-37)33-24-16-19(10-11-20(24)29(32)38)36-26-7-3-2-5-21(26)28-22(6-4-8-27(28)36)30-34-23-12-9-18(31)15-25(23)35-30/h2-12,15-17,33,37H,13-14H2,1H3,(H2,32,38)(H,34,35). The molecule has 4 aromatic carbocycles. The van der Waals surface area contributed by atoms with Gasteiger partial charge in [-0.05, 0) is 61.9 Å². The van der Waals surface area contributed by atoms with E-state index in [1.807, 2.05) is 49.4 Å². The number of halogens is 1. The van der Waals surface area contributed by atoms with E-state index in [4.69, 9.17) is 10.7 Å². The highest BCUT2D eigenvalue weighted by Gasteiger charge is 2.19. The van der Waals surface area contributed by atoms with E-state index in [2.05, 4.69) is 27.0 Å². The van der Waals surface area contributed by atoms with Crippen LogP contribution in [-0.2, 0) is 0 Å². The molecular formula is C30H26FN5O2. The average Bonchev–Trinajstić information content (AvgIpc) is 3.47. The third-order valence-corrected chi connectivity index (χ3v) is 6.89. The number of carbonyl (C=O) groups is 1. The van der Waals surface area contributed by atoms with E-state index in [-0.39, 0.29) is 18.5 Å². The number of primary amides is 1. The van der Waals surface area contributed by atoms with Crippen molar-refractivity contribution >= 4 is 44.4 Å². The number of rotatable bonds is 7. The number of para-hydroxylation sites is 1. The second-order valence-electron chi connectivity index (χ2n) is 9.45. The second-order valence-corrected chi connectivity index (χ2v) is 9.45. The normalized spacial score (nSPS) is 12.4. The molecule has 6 aromatic rings. The van der Waals surface area contributed by atoms with Crippen molar-refractivity contribution in [3.8, 4) is 17.1 Å². The van der Waals surface area contributed by atoms with Crippen LogP contribution in [0.3, 0.4) is 0 Å². The minimum atomic E-state index is -0.527. The van der Waals surface area contributed by atoms with E-state index >= 15 is 0 Å². The largest absolute Gasteiger partial charge is 0.396 e. The van der Waals surface area contributed by atoms with Gasteiger partial charge < -0.3 is 25.7 Å². The molecule has 190 valence electrons. The summed E-state index contributed by atoms with van der Waals surface area (Å²) in [6.45, 7) is 1.98. The van der Waals surface area contributed by atoms with Crippen LogP contribution in [0.5, 0.6) is 0 Å². The summed E-state index contributed by atoms with van der Waals surface area (Å²) < 4.78 is 16.0. The SMILES string of the molecule is CC(CCO)Nc1cc(-n2c3ccccc3c3c(-c4nc5ccc(F)cc5[nH]4)cccc32)ccc1C(N)=O. The van der Waals surface area contributed by atoms with Gasteiger partial charge in [0, 0.05) is 40.4 Å². The second kappa shape index (κ2) is 9.32. The lowest BCUT2D eigenvalue weighted by Gasteiger charge is -2.18. The number of aromatic amines is 1. The van der Waals surface area contributed by atoms with E-state index in [9.17, 15) is 14.3 Å². The van der Waals surface area contributed by atoms with E-state index in [1.54, 1.807) is 12.1 Å². The van der Waals surface area contributed by atoms with Crippen LogP contribution in [0.15, 0.2) is 78.9 Å². The number of H-pyrrole nitrogens is 1. The highest BCUT2D eigenvalue weighted by Crippen LogP contribution is 2.38. The maximum Gasteiger partial charge on any atom is 0.250 e. The molecule has 2 aromatic heterocycles. The number of benzene rings is 4. The quantitative estimate of drug-likeness (QED) is 0.221. The molecule has 1 atom stereocenters. The number of nitrogens with one attached hydrogen (secondary N) is 2. The fourth-order valence-electron chi connectivity index (χ4n) is 5.14. The summed E-state index contributed by atoms with van der Waals surface area (Å²) in [5.41, 5.74) is 11.7. The van der Waals surface area contributed by atoms with Gasteiger partial charge in [-0.25, -0.2) is 9.37 Å². The van der Waals surface area contributed by atoms with E-state index in [0.29, 0.717) is 34.5 Å². The van der Waals surface area contributed by atoms with Gasteiger partial charge in [-0.1, -0.05) is 30.3 Å². The number of hydrogen-bond donors (Lipinski definition) is 4. The average molecular weight is 508 g/mol. The van der Waals surface area contributed by atoms with Crippen LogP contribution < -0.4 is 11.1 Å². The number of carbonyl (C=O) groups excluding carboxylic acids is 1. The third kappa shape index (κ3) is 3.95. The van der Waals surface area contributed by atoms with Crippen LogP contribution in [0.2, 0.25) is 0 Å². The molecule has 0 spiro atoms. The van der Waals surface area contributed by atoms with Crippen molar-refractivity contribution in [2.45, 2.75) is 19.4 Å². The monoisotopic (exact) mass is 507 g/mol. The summed E-state index contributed by atoms with van der Waals surface area (Å²) >= 11 is 0. The van der Waals surface area contributed by atoms with E-state index in [0.717, 1.165) is 33.1 Å². The number of amides is 1. The first-order valence-corrected chi connectivity index (χ1v) is 12.4. The van der Waals surface area contributed by atoms with Crippen molar-refractivity contribution in [3.63, 3.8) is 0 Å². The molecule has 0 aliphatic heterocycles. The molecule has 0 aliphatic carbocycles. The molecule has 0 fully saturated rings. The first-order chi connectivity index (χ1) is 18.4. The fourth-order valence-corrected chi connectivity index (χ4v) is 5.14. The highest BCUT2D eigenvalue weighted by atomic mass is 19.1. The Kier molecular flexibility index (Phi) is 5.81. The Morgan fingerprint density at radius 2 is 1.89 bits per heavy atom. The van der Waals surface area contributed by atoms with E-state index in [1.165, 1.54) is 12.1 Å². The minimum Gasteiger partial charge on any atom is -0.396 e. The van der Waals surface area contributed by atoms with Gasteiger partial charge in [0.2, 0.25) is 0 Å². The summed E-state index contributed by atoms with van der Waals surface area (Å²) in [7, 11) is 0. The first kappa shape index (κ1) is 23.7. The smallest absolute Gasteiger partial charge is 0.250 e. The summed E-state index contributed by atoms with van der Waals surface area (Å²) in [6.07, 6.45) is 0.530. The molecule has 0 saturated heterocycles. The van der Waals surface area contributed by atoms with Crippen LogP contribution in [0.4, 0.5) is 10.1 Å². The van der Waals surface area contributed by atoms with Gasteiger partial charge in [-0.15, -0.1) is 0 Å². The van der Waals surface area contributed by atoms with Gasteiger partial charge in [0.15, 0.2) is 0 Å². The van der Waals surface area contributed by atoms with Crippen molar-refractivity contribution in [1.29, 1.82) is 0 Å². The predicted octanol–water partition coefficient (Wildman–Crippen LogP) is 5.75. The topological polar surface area (TPSA) is 109 Å². The van der Waals surface area contributed by atoms with Gasteiger partial charge in [0.1, 0.15) is 11.6 Å². The Morgan fingerprint density at radius 3 is 2.71 bits per heavy atom. The van der Waals surface area contributed by atoms with Crippen LogP contribution in [0.1, 0.15) is 23.7 Å². The zero-order valence-electron chi connectivity index (χ0n) is 20.7. The van der Waals surface area contributed by atoms with Crippen LogP contribution in [0.25, 0.3) is 49.9 Å². The number of hydrogen-bond acceptors (Lipinski definition) is 4. The molecule has 7 nitrogen and oxygen atoms in total. The summed E-state index contributed by atoms with van der Waals surface area (Å²) in [6, 6.07) is 24.1. The van der Waals surface area contributed by atoms with Gasteiger partial charge >= 0.3 is 0 Å². The number of imidazole rings is 1. The fraction of sp³-hybridized carbons (Fsp3) is 0.133. The lowest BCUT2D eigenvalue weighted by atomic mass is 10.1. The molecule has 0 aliphatic rings. The number of anilines is 1. The van der Waals surface area contributed by atoms with Gasteiger partial charge in [-0.3, -0.25) is 4.79 Å². The number of nitrogens with two attached hydrogens (primary N) is 1. The number of aliphatic hydroxyl groups excluding tert-OH is 1. The van der Waals surface area contributed by atoms with Crippen LogP contribution in [0, 0.1) is 5.82 Å². The zero-order valence-corrected chi connectivity index (χ0v) is 20.7. The molecule has 38 heavy (non-hydrogen) atoms. The highest BCUT2D eigenvalue weighted by molar-refractivity contribution is 6.15. The maximum absolute atomic E-state index is 13.8. The molecule has 0 saturated carbocycles. The Hall–Kier alpha value is -4.69. The zero-order chi connectivity index (χ0) is 26.4. The summed E-state index contributed by atoms with van der Waals surface area (Å²) in [4.78, 5) is 20.2. The number of aliphatic hydroxyl groups is 1. The summed E-state index contributed by atoms with van der Waals surface area (Å²) in [5, 5.41) is 14.7. The molecule has 2 heterocycles. The molecule has 0 radical (unpaired) electrons. The number of nitrogens with zero attached hydrogens (tertiary/aromatic N) is 2. The Balaban J connectivity index is 1.59. The first-order valence-electron chi connectivity index (χ1n) is 12.4. The molecule has 5 N–H and O–H groups in total. The number of aromatic nitrogens is 3. The maximum atomic E-state index is 13.8. The lowest BCUT2D eigenvalue weighted by Crippen LogP contribution is -2.21. The number of fused-ring (bicyclic) bond motifs is 4. The molecular weight excluding hydrogens is 481 g/mol. The van der Waals surface area contributed by atoms with Crippen molar-refractivity contribution in [1.82, 2.24) is 14.5 Å². The van der Waals surface area contributed by atoms with Gasteiger partial charge in [0.25, 0.3) is 5.91 Å². The molecule has 6 rings (SSSR count). The van der Waals surface area contributed by atoms with Crippen LogP contribution in [-0.4, -0.2) is 38.2 Å². The molecule has 1 amide bonds. The molecule has 8 heteroatoms.